The number of amides is 4. The molecule has 3 aromatic rings. The molecule has 0 saturated carbocycles. The van der Waals surface area contributed by atoms with Gasteiger partial charge in [-0.05, 0) is 55.5 Å². The van der Waals surface area contributed by atoms with E-state index in [-0.39, 0.29) is 11.1 Å². The van der Waals surface area contributed by atoms with E-state index in [1.165, 1.54) is 18.2 Å². The number of aromatic carboxylic acids is 1. The first-order valence-corrected chi connectivity index (χ1v) is 9.34. The van der Waals surface area contributed by atoms with Crippen LogP contribution in [0.4, 0.5) is 10.5 Å². The Labute approximate surface area is 177 Å². The number of hydrogen-bond donors (Lipinski definition) is 2. The maximum Gasteiger partial charge on any atom is 0.335 e. The Balaban J connectivity index is 1.74. The van der Waals surface area contributed by atoms with E-state index in [1.807, 2.05) is 6.92 Å². The van der Waals surface area contributed by atoms with Crippen LogP contribution in [0.15, 0.2) is 72.4 Å². The molecule has 0 aliphatic carbocycles. The number of rotatable bonds is 4. The average molecular weight is 415 g/mol. The van der Waals surface area contributed by atoms with Crippen molar-refractivity contribution in [3.05, 3.63) is 89.3 Å². The lowest BCUT2D eigenvalue weighted by Gasteiger charge is -2.26. The van der Waals surface area contributed by atoms with Gasteiger partial charge >= 0.3 is 12.0 Å². The van der Waals surface area contributed by atoms with E-state index in [0.29, 0.717) is 17.1 Å². The molecular formula is C23H17N3O5. The lowest BCUT2D eigenvalue weighted by molar-refractivity contribution is -0.122. The highest BCUT2D eigenvalue weighted by atomic mass is 16.4. The third kappa shape index (κ3) is 3.74. The van der Waals surface area contributed by atoms with Crippen LogP contribution in [-0.2, 0) is 9.59 Å². The molecule has 31 heavy (non-hydrogen) atoms. The highest BCUT2D eigenvalue weighted by Gasteiger charge is 2.36. The summed E-state index contributed by atoms with van der Waals surface area (Å²) >= 11 is 0. The summed E-state index contributed by atoms with van der Waals surface area (Å²) in [6, 6.07) is 15.6. The van der Waals surface area contributed by atoms with Gasteiger partial charge in [0, 0.05) is 17.6 Å². The lowest BCUT2D eigenvalue weighted by atomic mass is 10.1. The van der Waals surface area contributed by atoms with Crippen LogP contribution >= 0.6 is 0 Å². The number of aromatic nitrogens is 1. The molecule has 2 aromatic carbocycles. The quantitative estimate of drug-likeness (QED) is 0.503. The van der Waals surface area contributed by atoms with E-state index in [2.05, 4.69) is 5.32 Å². The number of carbonyl (C=O) groups is 4. The molecule has 2 heterocycles. The van der Waals surface area contributed by atoms with Gasteiger partial charge in [-0.15, -0.1) is 0 Å². The van der Waals surface area contributed by atoms with Gasteiger partial charge in [-0.25, -0.2) is 14.5 Å². The molecule has 4 amide bonds. The first-order valence-electron chi connectivity index (χ1n) is 9.34. The van der Waals surface area contributed by atoms with Crippen molar-refractivity contribution in [3.63, 3.8) is 0 Å². The van der Waals surface area contributed by atoms with Gasteiger partial charge in [0.1, 0.15) is 5.57 Å². The van der Waals surface area contributed by atoms with Crippen LogP contribution in [0.2, 0.25) is 0 Å². The maximum absolute atomic E-state index is 13.0. The molecule has 0 unspecified atom stereocenters. The van der Waals surface area contributed by atoms with Crippen LogP contribution in [0.5, 0.6) is 0 Å². The molecule has 8 heteroatoms. The number of anilines is 1. The van der Waals surface area contributed by atoms with Crippen LogP contribution in [0.1, 0.15) is 21.6 Å². The summed E-state index contributed by atoms with van der Waals surface area (Å²) in [4.78, 5) is 50.0. The van der Waals surface area contributed by atoms with Crippen molar-refractivity contribution >= 4 is 35.6 Å². The van der Waals surface area contributed by atoms with E-state index in [4.69, 9.17) is 0 Å². The molecular weight excluding hydrogens is 398 g/mol. The zero-order chi connectivity index (χ0) is 22.1. The van der Waals surface area contributed by atoms with Crippen LogP contribution in [0, 0.1) is 6.92 Å². The van der Waals surface area contributed by atoms with Gasteiger partial charge in [-0.3, -0.25) is 14.9 Å². The standard InChI is InChI=1S/C23H17N3O5/c1-14-7-9-16(10-8-14)26-21(28)19(20(27)24-23(26)31)13-18-6-3-11-25(18)17-5-2-4-15(12-17)22(29)30/h2-13H,1H3,(H,29,30)(H,24,27,31)/b19-13+. The second kappa shape index (κ2) is 7.75. The Morgan fingerprint density at radius 1 is 0.968 bits per heavy atom. The minimum absolute atomic E-state index is 0.104. The van der Waals surface area contributed by atoms with Crippen molar-refractivity contribution in [3.8, 4) is 5.69 Å². The molecule has 0 bridgehead atoms. The number of barbiturate groups is 1. The van der Waals surface area contributed by atoms with Gasteiger partial charge in [0.05, 0.1) is 11.3 Å². The average Bonchev–Trinajstić information content (AvgIpc) is 3.21. The summed E-state index contributed by atoms with van der Waals surface area (Å²) in [7, 11) is 0. The molecule has 1 aliphatic rings. The van der Waals surface area contributed by atoms with E-state index in [9.17, 15) is 24.3 Å². The third-order valence-electron chi connectivity index (χ3n) is 4.84. The highest BCUT2D eigenvalue weighted by Crippen LogP contribution is 2.23. The lowest BCUT2D eigenvalue weighted by Crippen LogP contribution is -2.54. The summed E-state index contributed by atoms with van der Waals surface area (Å²) in [6.07, 6.45) is 3.06. The molecule has 2 N–H and O–H groups in total. The summed E-state index contributed by atoms with van der Waals surface area (Å²) in [5.41, 5.74) is 2.21. The fourth-order valence-corrected chi connectivity index (χ4v) is 3.27. The van der Waals surface area contributed by atoms with Crippen LogP contribution in [0.25, 0.3) is 11.8 Å². The molecule has 8 nitrogen and oxygen atoms in total. The fraction of sp³-hybridized carbons (Fsp3) is 0.0435. The van der Waals surface area contributed by atoms with Gasteiger partial charge in [0.2, 0.25) is 0 Å². The maximum atomic E-state index is 13.0. The molecule has 1 saturated heterocycles. The summed E-state index contributed by atoms with van der Waals surface area (Å²) < 4.78 is 1.65. The van der Waals surface area contributed by atoms with Crippen LogP contribution in [0.3, 0.4) is 0 Å². The van der Waals surface area contributed by atoms with E-state index < -0.39 is 23.8 Å². The Morgan fingerprint density at radius 2 is 1.71 bits per heavy atom. The summed E-state index contributed by atoms with van der Waals surface area (Å²) in [6.45, 7) is 1.88. The van der Waals surface area contributed by atoms with Crippen LogP contribution in [-0.4, -0.2) is 33.5 Å². The van der Waals surface area contributed by atoms with Crippen molar-refractivity contribution in [2.45, 2.75) is 6.92 Å². The van der Waals surface area contributed by atoms with Crippen LogP contribution < -0.4 is 10.2 Å². The predicted octanol–water partition coefficient (Wildman–Crippen LogP) is 3.15. The third-order valence-corrected chi connectivity index (χ3v) is 4.84. The number of carboxylic acids is 1. The Kier molecular flexibility index (Phi) is 4.96. The number of nitrogens with one attached hydrogen (secondary N) is 1. The number of aryl methyl sites for hydroxylation is 1. The smallest absolute Gasteiger partial charge is 0.335 e. The topological polar surface area (TPSA) is 109 Å². The minimum Gasteiger partial charge on any atom is -0.478 e. The molecule has 4 rings (SSSR count). The Hall–Kier alpha value is -4.46. The van der Waals surface area contributed by atoms with Gasteiger partial charge in [-0.1, -0.05) is 23.8 Å². The monoisotopic (exact) mass is 415 g/mol. The zero-order valence-corrected chi connectivity index (χ0v) is 16.4. The Bertz CT molecular complexity index is 1250. The van der Waals surface area contributed by atoms with E-state index in [1.54, 1.807) is 59.3 Å². The molecule has 154 valence electrons. The number of imide groups is 2. The molecule has 1 aliphatic heterocycles. The van der Waals surface area contributed by atoms with Gasteiger partial charge in [0.15, 0.2) is 0 Å². The summed E-state index contributed by atoms with van der Waals surface area (Å²) in [5.74, 6) is -2.61. The first-order chi connectivity index (χ1) is 14.8. The summed E-state index contributed by atoms with van der Waals surface area (Å²) in [5, 5.41) is 11.4. The van der Waals surface area contributed by atoms with E-state index in [0.717, 1.165) is 10.5 Å². The van der Waals surface area contributed by atoms with E-state index >= 15 is 0 Å². The Morgan fingerprint density at radius 3 is 2.42 bits per heavy atom. The fourth-order valence-electron chi connectivity index (χ4n) is 3.27. The number of carbonyl (C=O) groups excluding carboxylic acids is 3. The zero-order valence-electron chi connectivity index (χ0n) is 16.4. The molecule has 0 radical (unpaired) electrons. The largest absolute Gasteiger partial charge is 0.478 e. The second-order valence-corrected chi connectivity index (χ2v) is 6.95. The number of carboxylic acid groups (broad SMARTS) is 1. The molecule has 0 spiro atoms. The van der Waals surface area contributed by atoms with Gasteiger partial charge in [-0.2, -0.15) is 0 Å². The molecule has 1 aromatic heterocycles. The van der Waals surface area contributed by atoms with Gasteiger partial charge < -0.3 is 9.67 Å². The second-order valence-electron chi connectivity index (χ2n) is 6.95. The highest BCUT2D eigenvalue weighted by molar-refractivity contribution is 6.39. The SMILES string of the molecule is Cc1ccc(N2C(=O)NC(=O)/C(=C\c3cccn3-c3cccc(C(=O)O)c3)C2=O)cc1. The van der Waals surface area contributed by atoms with Gasteiger partial charge in [0.25, 0.3) is 11.8 Å². The first kappa shape index (κ1) is 19.8. The van der Waals surface area contributed by atoms with Crippen molar-refractivity contribution in [1.82, 2.24) is 9.88 Å². The molecule has 1 fully saturated rings. The minimum atomic E-state index is -1.07. The number of benzene rings is 2. The number of hydrogen-bond acceptors (Lipinski definition) is 4. The number of urea groups is 1. The van der Waals surface area contributed by atoms with Crippen molar-refractivity contribution in [1.29, 1.82) is 0 Å². The van der Waals surface area contributed by atoms with Crippen molar-refractivity contribution in [2.75, 3.05) is 4.90 Å². The number of nitrogens with zero attached hydrogens (tertiary/aromatic N) is 2. The predicted molar refractivity (Wildman–Crippen MR) is 113 cm³/mol. The molecule has 0 atom stereocenters. The van der Waals surface area contributed by atoms with Crippen molar-refractivity contribution in [2.24, 2.45) is 0 Å². The van der Waals surface area contributed by atoms with Crippen molar-refractivity contribution < 1.29 is 24.3 Å². The normalized spacial score (nSPS) is 15.3.